The fourth-order valence-electron chi connectivity index (χ4n) is 1.30. The van der Waals surface area contributed by atoms with E-state index in [4.69, 9.17) is 4.84 Å². The zero-order valence-electron chi connectivity index (χ0n) is 8.37. The molecule has 1 aromatic carbocycles. The lowest BCUT2D eigenvalue weighted by molar-refractivity contribution is 0.199. The van der Waals surface area contributed by atoms with Gasteiger partial charge in [-0.05, 0) is 12.1 Å². The maximum atomic E-state index is 5.27. The Morgan fingerprint density at radius 1 is 1.13 bits per heavy atom. The molecule has 0 unspecified atom stereocenters. The second kappa shape index (κ2) is 4.52. The molecule has 15 heavy (non-hydrogen) atoms. The van der Waals surface area contributed by atoms with Gasteiger partial charge in [-0.1, -0.05) is 18.2 Å². The highest BCUT2D eigenvalue weighted by Gasteiger charge is 2.08. The lowest BCUT2D eigenvalue weighted by atomic mass is 10.3. The van der Waals surface area contributed by atoms with E-state index < -0.39 is 0 Å². The second-order valence-electron chi connectivity index (χ2n) is 2.88. The van der Waals surface area contributed by atoms with Crippen molar-refractivity contribution in [2.75, 3.05) is 12.2 Å². The van der Waals surface area contributed by atoms with Crippen LogP contribution in [0.1, 0.15) is 0 Å². The predicted octanol–water partition coefficient (Wildman–Crippen LogP) is 2.18. The minimum absolute atomic E-state index is 0.707. The summed E-state index contributed by atoms with van der Waals surface area (Å²) < 4.78 is 0. The number of nitrogens with zero attached hydrogens (tertiary/aromatic N) is 3. The van der Waals surface area contributed by atoms with Crippen LogP contribution in [0.3, 0.4) is 0 Å². The van der Waals surface area contributed by atoms with E-state index in [0.29, 0.717) is 5.82 Å². The van der Waals surface area contributed by atoms with Crippen molar-refractivity contribution < 1.29 is 4.84 Å². The molecule has 1 heterocycles. The summed E-state index contributed by atoms with van der Waals surface area (Å²) in [7, 11) is 1.61. The lowest BCUT2D eigenvalue weighted by Crippen LogP contribution is -2.16. The summed E-state index contributed by atoms with van der Waals surface area (Å²) in [4.78, 5) is 13.2. The Balaban J connectivity index is 2.34. The molecule has 0 aliphatic rings. The van der Waals surface area contributed by atoms with E-state index in [9.17, 15) is 0 Å². The van der Waals surface area contributed by atoms with Gasteiger partial charge in [-0.3, -0.25) is 4.84 Å². The summed E-state index contributed by atoms with van der Waals surface area (Å²) in [5.41, 5.74) is 0.929. The van der Waals surface area contributed by atoms with Crippen LogP contribution in [0.25, 0.3) is 0 Å². The van der Waals surface area contributed by atoms with Crippen molar-refractivity contribution >= 4 is 11.5 Å². The van der Waals surface area contributed by atoms with Gasteiger partial charge in [0.05, 0.1) is 12.8 Å². The zero-order valence-corrected chi connectivity index (χ0v) is 8.37. The van der Waals surface area contributed by atoms with Crippen LogP contribution in [-0.4, -0.2) is 17.1 Å². The van der Waals surface area contributed by atoms with Crippen LogP contribution in [0.15, 0.2) is 48.9 Å². The number of hydrogen-bond donors (Lipinski definition) is 0. The number of para-hydroxylation sites is 1. The van der Waals surface area contributed by atoms with Gasteiger partial charge >= 0.3 is 0 Å². The van der Waals surface area contributed by atoms with Crippen molar-refractivity contribution in [3.63, 3.8) is 0 Å². The standard InChI is InChI=1S/C11H11N3O/c1-15-14(10-5-3-2-4-6-10)11-7-8-12-9-13-11/h2-9H,1H3. The fourth-order valence-corrected chi connectivity index (χ4v) is 1.30. The molecular formula is C11H11N3O. The Morgan fingerprint density at radius 2 is 1.93 bits per heavy atom. The maximum absolute atomic E-state index is 5.27. The van der Waals surface area contributed by atoms with Crippen molar-refractivity contribution in [1.29, 1.82) is 0 Å². The number of aromatic nitrogens is 2. The van der Waals surface area contributed by atoms with Gasteiger partial charge in [0.2, 0.25) is 0 Å². The highest BCUT2D eigenvalue weighted by molar-refractivity contribution is 5.55. The topological polar surface area (TPSA) is 38.2 Å². The molecule has 2 aromatic rings. The molecular weight excluding hydrogens is 190 g/mol. The summed E-state index contributed by atoms with van der Waals surface area (Å²) in [5, 5.41) is 1.64. The quantitative estimate of drug-likeness (QED) is 0.713. The van der Waals surface area contributed by atoms with E-state index >= 15 is 0 Å². The summed E-state index contributed by atoms with van der Waals surface area (Å²) in [6.45, 7) is 0. The Labute approximate surface area is 88.1 Å². The molecule has 4 heteroatoms. The number of rotatable bonds is 3. The van der Waals surface area contributed by atoms with Gasteiger partial charge in [-0.2, -0.15) is 0 Å². The summed E-state index contributed by atoms with van der Waals surface area (Å²) in [6.07, 6.45) is 3.17. The molecule has 0 aliphatic heterocycles. The first-order valence-electron chi connectivity index (χ1n) is 4.57. The molecule has 0 bridgehead atoms. The summed E-state index contributed by atoms with van der Waals surface area (Å²) >= 11 is 0. The van der Waals surface area contributed by atoms with E-state index in [1.54, 1.807) is 24.4 Å². The number of anilines is 2. The predicted molar refractivity (Wildman–Crippen MR) is 57.6 cm³/mol. The first kappa shape index (κ1) is 9.61. The lowest BCUT2D eigenvalue weighted by Gasteiger charge is -2.19. The Kier molecular flexibility index (Phi) is 2.90. The van der Waals surface area contributed by atoms with Gasteiger partial charge in [0, 0.05) is 12.3 Å². The van der Waals surface area contributed by atoms with Gasteiger partial charge in [-0.15, -0.1) is 0 Å². The third-order valence-corrected chi connectivity index (χ3v) is 1.95. The summed E-state index contributed by atoms with van der Waals surface area (Å²) in [5.74, 6) is 0.707. The Bertz CT molecular complexity index is 365. The van der Waals surface area contributed by atoms with Crippen molar-refractivity contribution in [3.8, 4) is 0 Å². The van der Waals surface area contributed by atoms with Gasteiger partial charge in [0.25, 0.3) is 0 Å². The molecule has 0 N–H and O–H groups in total. The van der Waals surface area contributed by atoms with E-state index in [2.05, 4.69) is 9.97 Å². The molecule has 2 rings (SSSR count). The minimum atomic E-state index is 0.707. The molecule has 0 fully saturated rings. The number of hydrogen-bond acceptors (Lipinski definition) is 4. The molecule has 0 saturated heterocycles. The minimum Gasteiger partial charge on any atom is -0.270 e. The molecule has 1 aromatic heterocycles. The average molecular weight is 201 g/mol. The van der Waals surface area contributed by atoms with Crippen LogP contribution >= 0.6 is 0 Å². The average Bonchev–Trinajstić information content (AvgIpc) is 2.33. The maximum Gasteiger partial charge on any atom is 0.161 e. The first-order chi connectivity index (χ1) is 7.42. The smallest absolute Gasteiger partial charge is 0.161 e. The first-order valence-corrected chi connectivity index (χ1v) is 4.57. The molecule has 0 amide bonds. The van der Waals surface area contributed by atoms with E-state index in [1.165, 1.54) is 6.33 Å². The van der Waals surface area contributed by atoms with Gasteiger partial charge < -0.3 is 0 Å². The van der Waals surface area contributed by atoms with Crippen LogP contribution in [0.4, 0.5) is 11.5 Å². The van der Waals surface area contributed by atoms with Crippen LogP contribution in [0.2, 0.25) is 0 Å². The van der Waals surface area contributed by atoms with E-state index in [1.807, 2.05) is 30.3 Å². The second-order valence-corrected chi connectivity index (χ2v) is 2.88. The molecule has 76 valence electrons. The third-order valence-electron chi connectivity index (χ3n) is 1.95. The van der Waals surface area contributed by atoms with Gasteiger partial charge in [0.15, 0.2) is 5.82 Å². The zero-order chi connectivity index (χ0) is 10.5. The number of benzene rings is 1. The SMILES string of the molecule is CON(c1ccccc1)c1ccncn1. The molecule has 4 nitrogen and oxygen atoms in total. The van der Waals surface area contributed by atoms with Crippen molar-refractivity contribution in [1.82, 2.24) is 9.97 Å². The molecule has 0 spiro atoms. The van der Waals surface area contributed by atoms with Crippen LogP contribution < -0.4 is 5.06 Å². The molecule has 0 saturated carbocycles. The van der Waals surface area contributed by atoms with Crippen molar-refractivity contribution in [3.05, 3.63) is 48.9 Å². The van der Waals surface area contributed by atoms with Crippen molar-refractivity contribution in [2.45, 2.75) is 0 Å². The van der Waals surface area contributed by atoms with E-state index in [0.717, 1.165) is 5.69 Å². The van der Waals surface area contributed by atoms with E-state index in [-0.39, 0.29) is 0 Å². The Morgan fingerprint density at radius 3 is 2.53 bits per heavy atom. The van der Waals surface area contributed by atoms with Crippen LogP contribution in [0, 0.1) is 0 Å². The summed E-state index contributed by atoms with van der Waals surface area (Å²) in [6, 6.07) is 11.5. The highest BCUT2D eigenvalue weighted by Crippen LogP contribution is 2.21. The van der Waals surface area contributed by atoms with Crippen molar-refractivity contribution in [2.24, 2.45) is 0 Å². The Hall–Kier alpha value is -1.94. The van der Waals surface area contributed by atoms with Crippen LogP contribution in [0.5, 0.6) is 0 Å². The van der Waals surface area contributed by atoms with Crippen LogP contribution in [-0.2, 0) is 4.84 Å². The molecule has 0 aliphatic carbocycles. The molecule has 0 radical (unpaired) electrons. The largest absolute Gasteiger partial charge is 0.270 e. The molecule has 0 atom stereocenters. The fraction of sp³-hybridized carbons (Fsp3) is 0.0909. The highest BCUT2D eigenvalue weighted by atomic mass is 16.7. The monoisotopic (exact) mass is 201 g/mol. The normalized spacial score (nSPS) is 9.93. The van der Waals surface area contributed by atoms with Gasteiger partial charge in [0.1, 0.15) is 6.33 Å². The third kappa shape index (κ3) is 2.11. The van der Waals surface area contributed by atoms with Gasteiger partial charge in [-0.25, -0.2) is 15.0 Å².